The Morgan fingerprint density at radius 3 is 2.30 bits per heavy atom. The van der Waals surface area contributed by atoms with Gasteiger partial charge in [0.15, 0.2) is 17.5 Å². The van der Waals surface area contributed by atoms with Gasteiger partial charge in [0, 0.05) is 5.56 Å². The number of aromatic nitrogens is 4. The lowest BCUT2D eigenvalue weighted by atomic mass is 10.0. The summed E-state index contributed by atoms with van der Waals surface area (Å²) in [5.74, 6) is 2.35. The maximum Gasteiger partial charge on any atom is 0.214 e. The van der Waals surface area contributed by atoms with Crippen LogP contribution >= 0.6 is 0 Å². The Bertz CT molecular complexity index is 762. The standard InChI is InChI=1S/C19H30N6O2/c1-19(2,3)25-18(20-21-22-25)17(24-11-9-23(4)10-12-24)14-7-8-15(26-5)16(13-14)27-6/h7-8,13,17H,9-12H2,1-6H3/p+2/t17-/m1/s1. The fraction of sp³-hybridized carbons (Fsp3) is 0.632. The average Bonchev–Trinajstić information content (AvgIpc) is 3.13. The molecule has 0 spiro atoms. The Morgan fingerprint density at radius 1 is 1.04 bits per heavy atom. The number of quaternary nitrogens is 2. The highest BCUT2D eigenvalue weighted by Gasteiger charge is 2.37. The summed E-state index contributed by atoms with van der Waals surface area (Å²) >= 11 is 0. The van der Waals surface area contributed by atoms with Crippen LogP contribution in [0.25, 0.3) is 0 Å². The topological polar surface area (TPSA) is 70.9 Å². The van der Waals surface area contributed by atoms with Crippen molar-refractivity contribution in [3.8, 4) is 11.5 Å². The van der Waals surface area contributed by atoms with E-state index >= 15 is 0 Å². The van der Waals surface area contributed by atoms with Crippen molar-refractivity contribution in [3.05, 3.63) is 29.6 Å². The van der Waals surface area contributed by atoms with E-state index in [0.29, 0.717) is 0 Å². The molecule has 1 atom stereocenters. The van der Waals surface area contributed by atoms with E-state index in [0.717, 1.165) is 49.1 Å². The highest BCUT2D eigenvalue weighted by atomic mass is 16.5. The summed E-state index contributed by atoms with van der Waals surface area (Å²) in [6.07, 6.45) is 0. The van der Waals surface area contributed by atoms with Crippen molar-refractivity contribution in [1.82, 2.24) is 20.2 Å². The van der Waals surface area contributed by atoms with Gasteiger partial charge in [-0.15, -0.1) is 5.10 Å². The fourth-order valence-electron chi connectivity index (χ4n) is 3.74. The van der Waals surface area contributed by atoms with Gasteiger partial charge in [-0.25, -0.2) is 4.68 Å². The molecule has 0 saturated carbocycles. The molecule has 2 aromatic rings. The number of likely N-dealkylation sites (N-methyl/N-ethyl adjacent to an activating group) is 1. The maximum atomic E-state index is 5.55. The van der Waals surface area contributed by atoms with E-state index in [-0.39, 0.29) is 11.6 Å². The highest BCUT2D eigenvalue weighted by molar-refractivity contribution is 5.44. The van der Waals surface area contributed by atoms with E-state index in [2.05, 4.69) is 55.5 Å². The molecule has 8 nitrogen and oxygen atoms in total. The van der Waals surface area contributed by atoms with Crippen molar-refractivity contribution in [2.45, 2.75) is 32.4 Å². The average molecular weight is 377 g/mol. The van der Waals surface area contributed by atoms with Crippen molar-refractivity contribution in [2.24, 2.45) is 0 Å². The highest BCUT2D eigenvalue weighted by Crippen LogP contribution is 2.31. The Labute approximate surface area is 161 Å². The molecule has 1 aromatic carbocycles. The minimum Gasteiger partial charge on any atom is -0.493 e. The second-order valence-electron chi connectivity index (χ2n) is 8.28. The molecule has 1 aromatic heterocycles. The van der Waals surface area contributed by atoms with Crippen LogP contribution in [-0.2, 0) is 5.54 Å². The summed E-state index contributed by atoms with van der Waals surface area (Å²) in [5, 5.41) is 12.8. The summed E-state index contributed by atoms with van der Waals surface area (Å²) in [5.41, 5.74) is 0.952. The van der Waals surface area contributed by atoms with Gasteiger partial charge in [0.1, 0.15) is 26.2 Å². The number of hydrogen-bond donors (Lipinski definition) is 2. The number of rotatable bonds is 5. The molecule has 0 unspecified atom stereocenters. The molecule has 1 fully saturated rings. The first-order valence-electron chi connectivity index (χ1n) is 9.51. The number of nitrogens with zero attached hydrogens (tertiary/aromatic N) is 4. The van der Waals surface area contributed by atoms with Crippen LogP contribution in [0, 0.1) is 0 Å². The molecule has 27 heavy (non-hydrogen) atoms. The summed E-state index contributed by atoms with van der Waals surface area (Å²) in [7, 11) is 5.58. The van der Waals surface area contributed by atoms with Gasteiger partial charge in [-0.3, -0.25) is 0 Å². The molecule has 1 aliphatic rings. The van der Waals surface area contributed by atoms with Crippen molar-refractivity contribution in [2.75, 3.05) is 47.4 Å². The zero-order chi connectivity index (χ0) is 19.6. The van der Waals surface area contributed by atoms with Gasteiger partial charge < -0.3 is 19.3 Å². The van der Waals surface area contributed by atoms with E-state index in [1.54, 1.807) is 19.1 Å². The Kier molecular flexibility index (Phi) is 5.67. The SMILES string of the molecule is COc1ccc([C@H](c2nnnn2C(C)(C)C)[NH+]2CC[NH+](C)CC2)cc1OC. The van der Waals surface area contributed by atoms with Crippen LogP contribution in [0.2, 0.25) is 0 Å². The number of ether oxygens (including phenoxy) is 2. The molecule has 2 N–H and O–H groups in total. The lowest BCUT2D eigenvalue weighted by Crippen LogP contribution is -3.27. The lowest BCUT2D eigenvalue weighted by molar-refractivity contribution is -1.02. The molecular weight excluding hydrogens is 344 g/mol. The molecule has 1 saturated heterocycles. The molecule has 0 amide bonds. The molecule has 0 bridgehead atoms. The minimum absolute atomic E-state index is 0.0483. The van der Waals surface area contributed by atoms with Crippen LogP contribution in [0.15, 0.2) is 18.2 Å². The van der Waals surface area contributed by atoms with Gasteiger partial charge in [0.2, 0.25) is 5.82 Å². The second-order valence-corrected chi connectivity index (χ2v) is 8.28. The number of methoxy groups -OCH3 is 2. The van der Waals surface area contributed by atoms with Crippen LogP contribution in [0.5, 0.6) is 11.5 Å². The third-order valence-electron chi connectivity index (χ3n) is 5.28. The first-order chi connectivity index (χ1) is 12.8. The summed E-state index contributed by atoms with van der Waals surface area (Å²) < 4.78 is 12.9. The molecule has 2 heterocycles. The number of tetrazole rings is 1. The van der Waals surface area contributed by atoms with Gasteiger partial charge in [-0.2, -0.15) is 0 Å². The third-order valence-corrected chi connectivity index (χ3v) is 5.28. The third kappa shape index (κ3) is 4.06. The first-order valence-corrected chi connectivity index (χ1v) is 9.51. The zero-order valence-electron chi connectivity index (χ0n) is 17.2. The molecule has 3 rings (SSSR count). The van der Waals surface area contributed by atoms with Crippen LogP contribution in [0.1, 0.15) is 38.2 Å². The first kappa shape index (κ1) is 19.6. The largest absolute Gasteiger partial charge is 0.493 e. The minimum atomic E-state index is -0.190. The van der Waals surface area contributed by atoms with E-state index in [9.17, 15) is 0 Å². The molecule has 0 radical (unpaired) electrons. The smallest absolute Gasteiger partial charge is 0.214 e. The predicted octanol–water partition coefficient (Wildman–Crippen LogP) is -1.05. The Morgan fingerprint density at radius 2 is 1.70 bits per heavy atom. The lowest BCUT2D eigenvalue weighted by Gasteiger charge is -2.34. The van der Waals surface area contributed by atoms with Crippen molar-refractivity contribution >= 4 is 0 Å². The van der Waals surface area contributed by atoms with Gasteiger partial charge in [-0.1, -0.05) is 0 Å². The fourth-order valence-corrected chi connectivity index (χ4v) is 3.74. The molecule has 0 aliphatic carbocycles. The Hall–Kier alpha value is -2.19. The van der Waals surface area contributed by atoms with E-state index in [1.807, 2.05) is 10.7 Å². The maximum absolute atomic E-state index is 5.55. The number of hydrogen-bond acceptors (Lipinski definition) is 5. The summed E-state index contributed by atoms with van der Waals surface area (Å²) in [6, 6.07) is 6.18. The quantitative estimate of drug-likeness (QED) is 0.697. The van der Waals surface area contributed by atoms with Crippen molar-refractivity contribution in [1.29, 1.82) is 0 Å². The molecule has 1 aliphatic heterocycles. The van der Waals surface area contributed by atoms with Crippen LogP contribution in [0.3, 0.4) is 0 Å². The summed E-state index contributed by atoms with van der Waals surface area (Å²) in [4.78, 5) is 3.05. The van der Waals surface area contributed by atoms with Crippen LogP contribution in [-0.4, -0.2) is 67.7 Å². The van der Waals surface area contributed by atoms with Gasteiger partial charge in [-0.05, 0) is 49.4 Å². The number of piperazine rings is 1. The molecule has 8 heteroatoms. The monoisotopic (exact) mass is 376 g/mol. The van der Waals surface area contributed by atoms with E-state index in [1.165, 1.54) is 4.90 Å². The van der Waals surface area contributed by atoms with Crippen molar-refractivity contribution in [3.63, 3.8) is 0 Å². The van der Waals surface area contributed by atoms with Gasteiger partial charge >= 0.3 is 0 Å². The molecule has 148 valence electrons. The second kappa shape index (κ2) is 7.82. The van der Waals surface area contributed by atoms with Crippen molar-refractivity contribution < 1.29 is 19.3 Å². The number of benzene rings is 1. The number of nitrogens with one attached hydrogen (secondary N) is 2. The van der Waals surface area contributed by atoms with Gasteiger partial charge in [0.25, 0.3) is 0 Å². The van der Waals surface area contributed by atoms with Crippen LogP contribution < -0.4 is 19.3 Å². The normalized spacial score (nSPS) is 21.7. The van der Waals surface area contributed by atoms with E-state index in [4.69, 9.17) is 9.47 Å². The van der Waals surface area contributed by atoms with E-state index < -0.39 is 0 Å². The molecular formula is C19H32N6O2+2. The van der Waals surface area contributed by atoms with Crippen LogP contribution in [0.4, 0.5) is 0 Å². The van der Waals surface area contributed by atoms with Gasteiger partial charge in [0.05, 0.1) is 26.8 Å². The Balaban J connectivity index is 2.08. The predicted molar refractivity (Wildman–Crippen MR) is 102 cm³/mol. The zero-order valence-corrected chi connectivity index (χ0v) is 17.2. The summed E-state index contributed by atoms with van der Waals surface area (Å²) in [6.45, 7) is 10.8.